The molecule has 15 heavy (non-hydrogen) atoms. The van der Waals surface area contributed by atoms with Crippen molar-refractivity contribution in [2.45, 2.75) is 13.8 Å². The summed E-state index contributed by atoms with van der Waals surface area (Å²) in [5.74, 6) is 0.847. The molecule has 0 aliphatic rings. The molecule has 0 aliphatic carbocycles. The van der Waals surface area contributed by atoms with Gasteiger partial charge in [0.1, 0.15) is 5.75 Å². The molecular weight excluding hydrogens is 192 g/mol. The molecule has 0 fully saturated rings. The standard InChI is InChI=1S/C11H16N2O2/c1-4-15-10-6-5-9(7-8(10)2)13-11(14)12-3/h5-7H,4H2,1-3H3,(H2,12,13,14). The van der Waals surface area contributed by atoms with E-state index in [1.165, 1.54) is 0 Å². The highest BCUT2D eigenvalue weighted by atomic mass is 16.5. The van der Waals surface area contributed by atoms with Crippen LogP contribution in [0.1, 0.15) is 12.5 Å². The normalized spacial score (nSPS) is 9.53. The van der Waals surface area contributed by atoms with Crippen LogP contribution in [0.25, 0.3) is 0 Å². The van der Waals surface area contributed by atoms with Gasteiger partial charge in [-0.1, -0.05) is 0 Å². The van der Waals surface area contributed by atoms with Crippen LogP contribution in [0.2, 0.25) is 0 Å². The summed E-state index contributed by atoms with van der Waals surface area (Å²) in [7, 11) is 1.58. The molecule has 0 atom stereocenters. The van der Waals surface area contributed by atoms with Crippen LogP contribution >= 0.6 is 0 Å². The Hall–Kier alpha value is -1.71. The van der Waals surface area contributed by atoms with Gasteiger partial charge in [0, 0.05) is 12.7 Å². The van der Waals surface area contributed by atoms with Crippen molar-refractivity contribution in [3.63, 3.8) is 0 Å². The van der Waals surface area contributed by atoms with Crippen LogP contribution < -0.4 is 15.4 Å². The summed E-state index contributed by atoms with van der Waals surface area (Å²) in [4.78, 5) is 11.0. The fourth-order valence-electron chi connectivity index (χ4n) is 1.24. The number of ether oxygens (including phenoxy) is 1. The van der Waals surface area contributed by atoms with E-state index in [0.717, 1.165) is 17.0 Å². The number of benzene rings is 1. The lowest BCUT2D eigenvalue weighted by molar-refractivity contribution is 0.254. The maximum absolute atomic E-state index is 11.0. The quantitative estimate of drug-likeness (QED) is 0.799. The van der Waals surface area contributed by atoms with E-state index in [0.29, 0.717) is 6.61 Å². The predicted octanol–water partition coefficient (Wildman–Crippen LogP) is 2.15. The SMILES string of the molecule is CCOc1ccc(NC(=O)NC)cc1C. The number of anilines is 1. The number of amides is 2. The fraction of sp³-hybridized carbons (Fsp3) is 0.364. The van der Waals surface area contributed by atoms with Gasteiger partial charge in [0.25, 0.3) is 0 Å². The minimum absolute atomic E-state index is 0.224. The maximum Gasteiger partial charge on any atom is 0.318 e. The molecule has 2 amide bonds. The number of nitrogens with one attached hydrogen (secondary N) is 2. The second-order valence-electron chi connectivity index (χ2n) is 3.12. The first-order chi connectivity index (χ1) is 7.17. The summed E-state index contributed by atoms with van der Waals surface area (Å²) in [6.07, 6.45) is 0. The summed E-state index contributed by atoms with van der Waals surface area (Å²) >= 11 is 0. The number of hydrogen-bond donors (Lipinski definition) is 2. The molecule has 4 heteroatoms. The van der Waals surface area contributed by atoms with E-state index in [9.17, 15) is 4.79 Å². The van der Waals surface area contributed by atoms with Crippen molar-refractivity contribution >= 4 is 11.7 Å². The van der Waals surface area contributed by atoms with Crippen molar-refractivity contribution in [1.29, 1.82) is 0 Å². The molecule has 0 aliphatic heterocycles. The van der Waals surface area contributed by atoms with E-state index in [1.54, 1.807) is 7.05 Å². The van der Waals surface area contributed by atoms with Crippen LogP contribution in [0.5, 0.6) is 5.75 Å². The molecule has 4 nitrogen and oxygen atoms in total. The number of rotatable bonds is 3. The highest BCUT2D eigenvalue weighted by Gasteiger charge is 2.02. The van der Waals surface area contributed by atoms with Crippen molar-refractivity contribution in [1.82, 2.24) is 5.32 Å². The van der Waals surface area contributed by atoms with Crippen molar-refractivity contribution in [2.24, 2.45) is 0 Å². The first-order valence-electron chi connectivity index (χ1n) is 4.89. The molecule has 0 unspecified atom stereocenters. The third-order valence-electron chi connectivity index (χ3n) is 1.96. The van der Waals surface area contributed by atoms with E-state index in [2.05, 4.69) is 10.6 Å². The number of aryl methyl sites for hydroxylation is 1. The molecule has 0 saturated heterocycles. The van der Waals surface area contributed by atoms with Gasteiger partial charge in [0.05, 0.1) is 6.61 Å². The second kappa shape index (κ2) is 5.24. The summed E-state index contributed by atoms with van der Waals surface area (Å²) < 4.78 is 5.39. The van der Waals surface area contributed by atoms with Gasteiger partial charge in [-0.3, -0.25) is 0 Å². The Labute approximate surface area is 89.6 Å². The van der Waals surface area contributed by atoms with Gasteiger partial charge in [-0.15, -0.1) is 0 Å². The van der Waals surface area contributed by atoms with Crippen LogP contribution in [0.3, 0.4) is 0 Å². The van der Waals surface area contributed by atoms with Crippen LogP contribution in [0, 0.1) is 6.92 Å². The highest BCUT2D eigenvalue weighted by Crippen LogP contribution is 2.21. The lowest BCUT2D eigenvalue weighted by Gasteiger charge is -2.09. The van der Waals surface area contributed by atoms with Crippen molar-refractivity contribution in [2.75, 3.05) is 19.0 Å². The van der Waals surface area contributed by atoms with E-state index in [4.69, 9.17) is 4.74 Å². The number of hydrogen-bond acceptors (Lipinski definition) is 2. The van der Waals surface area contributed by atoms with Crippen LogP contribution in [-0.2, 0) is 0 Å². The van der Waals surface area contributed by atoms with Crippen molar-refractivity contribution in [3.05, 3.63) is 23.8 Å². The Morgan fingerprint density at radius 3 is 2.73 bits per heavy atom. The number of carbonyl (C=O) groups excluding carboxylic acids is 1. The first kappa shape index (κ1) is 11.4. The Morgan fingerprint density at radius 2 is 2.20 bits per heavy atom. The average Bonchev–Trinajstić information content (AvgIpc) is 2.22. The lowest BCUT2D eigenvalue weighted by Crippen LogP contribution is -2.24. The van der Waals surface area contributed by atoms with Gasteiger partial charge in [-0.25, -0.2) is 4.79 Å². The fourth-order valence-corrected chi connectivity index (χ4v) is 1.24. The van der Waals surface area contributed by atoms with Gasteiger partial charge in [-0.05, 0) is 37.6 Å². The molecule has 0 bridgehead atoms. The molecule has 0 aromatic heterocycles. The Balaban J connectivity index is 2.77. The maximum atomic E-state index is 11.0. The third-order valence-corrected chi connectivity index (χ3v) is 1.96. The summed E-state index contributed by atoms with van der Waals surface area (Å²) in [5.41, 5.74) is 1.76. The third kappa shape index (κ3) is 3.16. The molecule has 0 saturated carbocycles. The molecular formula is C11H16N2O2. The predicted molar refractivity (Wildman–Crippen MR) is 60.4 cm³/mol. The molecule has 0 radical (unpaired) electrons. The summed E-state index contributed by atoms with van der Waals surface area (Å²) in [6.45, 7) is 4.53. The first-order valence-corrected chi connectivity index (χ1v) is 4.89. The molecule has 2 N–H and O–H groups in total. The average molecular weight is 208 g/mol. The highest BCUT2D eigenvalue weighted by molar-refractivity contribution is 5.89. The van der Waals surface area contributed by atoms with Crippen LogP contribution in [0.15, 0.2) is 18.2 Å². The zero-order chi connectivity index (χ0) is 11.3. The molecule has 0 heterocycles. The Morgan fingerprint density at radius 1 is 1.47 bits per heavy atom. The number of urea groups is 1. The van der Waals surface area contributed by atoms with E-state index >= 15 is 0 Å². The van der Waals surface area contributed by atoms with Gasteiger partial charge in [-0.2, -0.15) is 0 Å². The van der Waals surface area contributed by atoms with Crippen LogP contribution in [-0.4, -0.2) is 19.7 Å². The zero-order valence-corrected chi connectivity index (χ0v) is 9.26. The van der Waals surface area contributed by atoms with E-state index < -0.39 is 0 Å². The minimum Gasteiger partial charge on any atom is -0.494 e. The smallest absolute Gasteiger partial charge is 0.318 e. The molecule has 0 spiro atoms. The lowest BCUT2D eigenvalue weighted by atomic mass is 10.2. The molecule has 1 aromatic carbocycles. The van der Waals surface area contributed by atoms with Gasteiger partial charge in [0.2, 0.25) is 0 Å². The summed E-state index contributed by atoms with van der Waals surface area (Å²) in [5, 5.41) is 5.19. The van der Waals surface area contributed by atoms with E-state index in [-0.39, 0.29) is 6.03 Å². The van der Waals surface area contributed by atoms with Crippen LogP contribution in [0.4, 0.5) is 10.5 Å². The summed E-state index contributed by atoms with van der Waals surface area (Å²) in [6, 6.07) is 5.32. The molecule has 82 valence electrons. The zero-order valence-electron chi connectivity index (χ0n) is 9.26. The van der Waals surface area contributed by atoms with E-state index in [1.807, 2.05) is 32.0 Å². The molecule has 1 aromatic rings. The minimum atomic E-state index is -0.224. The van der Waals surface area contributed by atoms with Gasteiger partial charge >= 0.3 is 6.03 Å². The van der Waals surface area contributed by atoms with Gasteiger partial charge < -0.3 is 15.4 Å². The Kier molecular flexibility index (Phi) is 3.97. The monoisotopic (exact) mass is 208 g/mol. The second-order valence-corrected chi connectivity index (χ2v) is 3.12. The molecule has 1 rings (SSSR count). The topological polar surface area (TPSA) is 50.4 Å². The van der Waals surface area contributed by atoms with Gasteiger partial charge in [0.15, 0.2) is 0 Å². The largest absolute Gasteiger partial charge is 0.494 e. The van der Waals surface area contributed by atoms with Crippen molar-refractivity contribution in [3.8, 4) is 5.75 Å². The number of carbonyl (C=O) groups is 1. The Bertz CT molecular complexity index is 350. The van der Waals surface area contributed by atoms with Crippen molar-refractivity contribution < 1.29 is 9.53 Å².